The molecule has 0 saturated heterocycles. The lowest BCUT2D eigenvalue weighted by atomic mass is 10.2. The highest BCUT2D eigenvalue weighted by atomic mass is 32.2. The quantitative estimate of drug-likeness (QED) is 0.257. The molecule has 0 aromatic heterocycles. The van der Waals surface area contributed by atoms with E-state index in [1.165, 1.54) is 18.0 Å². The van der Waals surface area contributed by atoms with E-state index < -0.39 is 17.9 Å². The summed E-state index contributed by atoms with van der Waals surface area (Å²) in [6, 6.07) is 0.820. The third-order valence-corrected chi connectivity index (χ3v) is 4.16. The number of nitrogens with zero attached hydrogens (tertiary/aromatic N) is 2. The minimum atomic E-state index is -1.10. The number of carboxylic acid groups (broad SMARTS) is 1. The fraction of sp³-hybridized carbons (Fsp3) is 0.688. The van der Waals surface area contributed by atoms with E-state index in [1.54, 1.807) is 6.07 Å². The molecule has 1 atom stereocenters. The molecule has 0 bridgehead atoms. The average molecular weight is 356 g/mol. The molecule has 0 fully saturated rings. The molecule has 0 aliphatic heterocycles. The van der Waals surface area contributed by atoms with E-state index in [0.717, 1.165) is 26.1 Å². The van der Waals surface area contributed by atoms with Crippen molar-refractivity contribution in [3.63, 3.8) is 0 Å². The third-order valence-electron chi connectivity index (χ3n) is 3.52. The predicted molar refractivity (Wildman–Crippen MR) is 96.7 cm³/mol. The molecule has 0 rings (SSSR count). The first-order valence-corrected chi connectivity index (χ1v) is 9.48. The number of carbonyl (C=O) groups is 2. The summed E-state index contributed by atoms with van der Waals surface area (Å²) in [5.41, 5.74) is -0.117. The van der Waals surface area contributed by atoms with Crippen molar-refractivity contribution in [1.82, 2.24) is 15.5 Å². The van der Waals surface area contributed by atoms with Crippen LogP contribution in [0.5, 0.6) is 0 Å². The van der Waals surface area contributed by atoms with Gasteiger partial charge >= 0.3 is 5.97 Å². The molecule has 7 nitrogen and oxygen atoms in total. The predicted octanol–water partition coefficient (Wildman–Crippen LogP) is 1.04. The van der Waals surface area contributed by atoms with Crippen molar-refractivity contribution in [2.75, 3.05) is 38.2 Å². The van der Waals surface area contributed by atoms with Crippen LogP contribution in [0.4, 0.5) is 0 Å². The highest BCUT2D eigenvalue weighted by Crippen LogP contribution is 2.02. The lowest BCUT2D eigenvalue weighted by Crippen LogP contribution is -2.42. The van der Waals surface area contributed by atoms with E-state index in [9.17, 15) is 9.59 Å². The van der Waals surface area contributed by atoms with Gasteiger partial charge in [-0.2, -0.15) is 17.0 Å². The van der Waals surface area contributed by atoms with Crippen LogP contribution in [0.1, 0.15) is 26.7 Å². The van der Waals surface area contributed by atoms with E-state index in [-0.39, 0.29) is 5.57 Å². The molecular formula is C16H28N4O3S. The second kappa shape index (κ2) is 13.7. The molecule has 8 heteroatoms. The number of carbonyl (C=O) groups excluding carboxylic acids is 1. The molecule has 24 heavy (non-hydrogen) atoms. The van der Waals surface area contributed by atoms with Gasteiger partial charge in [-0.05, 0) is 44.5 Å². The van der Waals surface area contributed by atoms with E-state index in [1.807, 2.05) is 6.26 Å². The van der Waals surface area contributed by atoms with Crippen LogP contribution in [-0.4, -0.2) is 66.1 Å². The van der Waals surface area contributed by atoms with Crippen LogP contribution in [0, 0.1) is 11.3 Å². The molecule has 136 valence electrons. The molecule has 0 aliphatic carbocycles. The van der Waals surface area contributed by atoms with Gasteiger partial charge in [0.2, 0.25) is 0 Å². The van der Waals surface area contributed by atoms with Crippen molar-refractivity contribution in [3.05, 3.63) is 11.8 Å². The number of aliphatic carboxylic acids is 1. The highest BCUT2D eigenvalue weighted by Gasteiger charge is 2.21. The molecule has 1 amide bonds. The summed E-state index contributed by atoms with van der Waals surface area (Å²) in [4.78, 5) is 25.4. The zero-order chi connectivity index (χ0) is 18.4. The van der Waals surface area contributed by atoms with Gasteiger partial charge in [0.05, 0.1) is 0 Å². The lowest BCUT2D eigenvalue weighted by Gasteiger charge is -2.17. The molecule has 1 unspecified atom stereocenters. The Kier molecular flexibility index (Phi) is 12.7. The van der Waals surface area contributed by atoms with Crippen LogP contribution in [0.15, 0.2) is 11.8 Å². The van der Waals surface area contributed by atoms with E-state index in [0.29, 0.717) is 18.7 Å². The molecular weight excluding hydrogens is 328 g/mol. The van der Waals surface area contributed by atoms with Gasteiger partial charge in [0.1, 0.15) is 17.7 Å². The number of carboxylic acids is 1. The summed E-state index contributed by atoms with van der Waals surface area (Å²) in [7, 11) is 0. The number of nitrogens with one attached hydrogen (secondary N) is 2. The molecule has 0 spiro atoms. The standard InChI is InChI=1S/C16H28N4O3S/c1-4-20(5-2)9-6-8-18-12-13(11-17)15(21)19-14(16(22)23)7-10-24-3/h12,14,18H,4-10H2,1-3H3,(H,19,21)(H,22,23)/b13-12-. The number of thioether (sulfide) groups is 1. The second-order valence-corrected chi connectivity index (χ2v) is 6.14. The van der Waals surface area contributed by atoms with Crippen molar-refractivity contribution in [2.24, 2.45) is 0 Å². The van der Waals surface area contributed by atoms with E-state index in [4.69, 9.17) is 10.4 Å². The third kappa shape index (κ3) is 9.43. The van der Waals surface area contributed by atoms with E-state index in [2.05, 4.69) is 29.4 Å². The zero-order valence-corrected chi connectivity index (χ0v) is 15.5. The first kappa shape index (κ1) is 22.3. The van der Waals surface area contributed by atoms with Gasteiger partial charge in [-0.1, -0.05) is 13.8 Å². The lowest BCUT2D eigenvalue weighted by molar-refractivity contribution is -0.141. The molecule has 3 N–H and O–H groups in total. The number of hydrogen-bond acceptors (Lipinski definition) is 6. The fourth-order valence-corrected chi connectivity index (χ4v) is 2.47. The first-order chi connectivity index (χ1) is 11.5. The van der Waals surface area contributed by atoms with E-state index >= 15 is 0 Å². The average Bonchev–Trinajstić information content (AvgIpc) is 2.57. The Balaban J connectivity index is 4.41. The maximum absolute atomic E-state index is 12.0. The maximum atomic E-state index is 12.0. The molecule has 0 aromatic rings. The first-order valence-electron chi connectivity index (χ1n) is 8.08. The Bertz CT molecular complexity index is 459. The van der Waals surface area contributed by atoms with Gasteiger partial charge in [-0.15, -0.1) is 0 Å². The number of hydrogen-bond donors (Lipinski definition) is 3. The monoisotopic (exact) mass is 356 g/mol. The minimum absolute atomic E-state index is 0.117. The van der Waals surface area contributed by atoms with Crippen LogP contribution in [-0.2, 0) is 9.59 Å². The number of rotatable bonds is 13. The smallest absolute Gasteiger partial charge is 0.326 e. The summed E-state index contributed by atoms with van der Waals surface area (Å²) in [6.07, 6.45) is 4.43. The van der Waals surface area contributed by atoms with Crippen LogP contribution in [0.3, 0.4) is 0 Å². The van der Waals surface area contributed by atoms with Crippen LogP contribution >= 0.6 is 11.8 Å². The topological polar surface area (TPSA) is 105 Å². The Morgan fingerprint density at radius 1 is 1.38 bits per heavy atom. The SMILES string of the molecule is CCN(CC)CCCN/C=C(/C#N)C(=O)NC(CCSC)C(=O)O. The van der Waals surface area contributed by atoms with Gasteiger partial charge in [0.15, 0.2) is 0 Å². The Morgan fingerprint density at radius 2 is 2.04 bits per heavy atom. The summed E-state index contributed by atoms with van der Waals surface area (Å²) in [5.74, 6) is -1.14. The van der Waals surface area contributed by atoms with Gasteiger partial charge in [-0.3, -0.25) is 4.79 Å². The van der Waals surface area contributed by atoms with Crippen molar-refractivity contribution >= 4 is 23.6 Å². The maximum Gasteiger partial charge on any atom is 0.326 e. The Labute approximate surface area is 148 Å². The number of amides is 1. The molecule has 0 heterocycles. The normalized spacial score (nSPS) is 12.5. The van der Waals surface area contributed by atoms with Crippen LogP contribution < -0.4 is 10.6 Å². The van der Waals surface area contributed by atoms with Gasteiger partial charge < -0.3 is 20.6 Å². The summed E-state index contributed by atoms with van der Waals surface area (Å²) >= 11 is 1.50. The van der Waals surface area contributed by atoms with Gasteiger partial charge in [0.25, 0.3) is 5.91 Å². The molecule has 0 aliphatic rings. The van der Waals surface area contributed by atoms with Crippen molar-refractivity contribution < 1.29 is 14.7 Å². The van der Waals surface area contributed by atoms with Crippen molar-refractivity contribution in [1.29, 1.82) is 5.26 Å². The molecule has 0 aromatic carbocycles. The minimum Gasteiger partial charge on any atom is -0.480 e. The fourth-order valence-electron chi connectivity index (χ4n) is 2.00. The second-order valence-electron chi connectivity index (χ2n) is 5.15. The van der Waals surface area contributed by atoms with Gasteiger partial charge in [-0.25, -0.2) is 4.79 Å². The van der Waals surface area contributed by atoms with Crippen LogP contribution in [0.2, 0.25) is 0 Å². The Hall–Kier alpha value is -1.72. The summed E-state index contributed by atoms with van der Waals surface area (Å²) < 4.78 is 0. The highest BCUT2D eigenvalue weighted by molar-refractivity contribution is 7.98. The molecule has 0 radical (unpaired) electrons. The largest absolute Gasteiger partial charge is 0.480 e. The Morgan fingerprint density at radius 3 is 2.54 bits per heavy atom. The summed E-state index contributed by atoms with van der Waals surface area (Å²) in [5, 5.41) is 23.5. The van der Waals surface area contributed by atoms with Crippen molar-refractivity contribution in [3.8, 4) is 6.07 Å². The molecule has 0 saturated carbocycles. The van der Waals surface area contributed by atoms with Gasteiger partial charge in [0, 0.05) is 12.7 Å². The zero-order valence-electron chi connectivity index (χ0n) is 14.7. The van der Waals surface area contributed by atoms with Crippen LogP contribution in [0.25, 0.3) is 0 Å². The van der Waals surface area contributed by atoms with Crippen molar-refractivity contribution in [2.45, 2.75) is 32.7 Å². The number of nitriles is 1. The summed E-state index contributed by atoms with van der Waals surface area (Å²) in [6.45, 7) is 7.77.